The van der Waals surface area contributed by atoms with Crippen LogP contribution in [0.2, 0.25) is 4.94 Å². The van der Waals surface area contributed by atoms with Gasteiger partial charge >= 0.3 is 106 Å². The summed E-state index contributed by atoms with van der Waals surface area (Å²) in [5, 5.41) is 0. The average molecular weight is 353 g/mol. The summed E-state index contributed by atoms with van der Waals surface area (Å²) in [7, 11) is 0. The summed E-state index contributed by atoms with van der Waals surface area (Å²) in [5.41, 5.74) is 0. The molecule has 0 fully saturated rings. The third-order valence-electron chi connectivity index (χ3n) is 1.76. The number of carbonyl (C=O) groups is 3. The molecular formula is C10H18O6Sn. The fourth-order valence-corrected chi connectivity index (χ4v) is 6.03. The van der Waals surface area contributed by atoms with Crippen molar-refractivity contribution < 1.29 is 23.6 Å². The summed E-state index contributed by atoms with van der Waals surface area (Å²) in [4.78, 5) is 35.1. The van der Waals surface area contributed by atoms with Crippen molar-refractivity contribution in [2.75, 3.05) is 0 Å². The van der Waals surface area contributed by atoms with Crippen molar-refractivity contribution >= 4 is 37.5 Å². The Morgan fingerprint density at radius 1 is 0.765 bits per heavy atom. The zero-order valence-corrected chi connectivity index (χ0v) is 13.4. The van der Waals surface area contributed by atoms with Gasteiger partial charge in [0.1, 0.15) is 0 Å². The first-order valence-corrected chi connectivity index (χ1v) is 11.9. The molecular weight excluding hydrogens is 335 g/mol. The quantitative estimate of drug-likeness (QED) is 0.672. The van der Waals surface area contributed by atoms with Crippen LogP contribution < -0.4 is 0 Å². The van der Waals surface area contributed by atoms with E-state index in [4.69, 9.17) is 9.22 Å². The Kier molecular flexibility index (Phi) is 7.17. The fourth-order valence-electron chi connectivity index (χ4n) is 0.899. The second-order valence-electron chi connectivity index (χ2n) is 3.35. The van der Waals surface area contributed by atoms with Gasteiger partial charge in [0.15, 0.2) is 0 Å². The van der Waals surface area contributed by atoms with E-state index in [1.165, 1.54) is 4.94 Å². The SMILES string of the molecule is CCC(=O)[O][Sn]([CH3])([O]C(=O)CC)[O]C(=O)CC. The van der Waals surface area contributed by atoms with Gasteiger partial charge in [-0.05, 0) is 0 Å². The molecule has 0 spiro atoms. The number of hydrogen-bond acceptors (Lipinski definition) is 6. The maximum absolute atomic E-state index is 11.2. The number of hydrogen-bond donors (Lipinski definition) is 0. The van der Waals surface area contributed by atoms with E-state index in [0.717, 1.165) is 0 Å². The van der Waals surface area contributed by atoms with E-state index in [9.17, 15) is 14.4 Å². The van der Waals surface area contributed by atoms with Gasteiger partial charge < -0.3 is 0 Å². The molecule has 0 aliphatic rings. The van der Waals surface area contributed by atoms with Gasteiger partial charge in [-0.2, -0.15) is 0 Å². The van der Waals surface area contributed by atoms with E-state index in [-0.39, 0.29) is 19.3 Å². The van der Waals surface area contributed by atoms with Crippen LogP contribution >= 0.6 is 0 Å². The van der Waals surface area contributed by atoms with E-state index in [0.29, 0.717) is 0 Å². The molecule has 0 amide bonds. The number of carbonyl (C=O) groups excluding carboxylic acids is 3. The zero-order valence-electron chi connectivity index (χ0n) is 10.6. The Hall–Kier alpha value is -0.791. The molecule has 0 radical (unpaired) electrons. The minimum atomic E-state index is -4.35. The predicted molar refractivity (Wildman–Crippen MR) is 60.8 cm³/mol. The Morgan fingerprint density at radius 3 is 1.18 bits per heavy atom. The van der Waals surface area contributed by atoms with Crippen LogP contribution in [0.1, 0.15) is 40.0 Å². The van der Waals surface area contributed by atoms with Gasteiger partial charge in [-0.15, -0.1) is 0 Å². The number of rotatable bonds is 6. The summed E-state index contributed by atoms with van der Waals surface area (Å²) in [6, 6.07) is 0. The predicted octanol–water partition coefficient (Wildman–Crippen LogP) is 1.41. The van der Waals surface area contributed by atoms with Crippen LogP contribution in [0, 0.1) is 0 Å². The van der Waals surface area contributed by atoms with Crippen LogP contribution in [-0.2, 0) is 23.6 Å². The third-order valence-corrected chi connectivity index (χ3v) is 6.89. The molecule has 0 heterocycles. The normalized spacial score (nSPS) is 10.6. The van der Waals surface area contributed by atoms with Gasteiger partial charge in [0, 0.05) is 0 Å². The first-order chi connectivity index (χ1) is 7.86. The van der Waals surface area contributed by atoms with Crippen LogP contribution in [-0.4, -0.2) is 37.5 Å². The van der Waals surface area contributed by atoms with Crippen molar-refractivity contribution in [2.24, 2.45) is 0 Å². The average Bonchev–Trinajstić information content (AvgIpc) is 2.27. The van der Waals surface area contributed by atoms with Gasteiger partial charge in [0.25, 0.3) is 0 Å². The van der Waals surface area contributed by atoms with E-state index in [2.05, 4.69) is 0 Å². The monoisotopic (exact) mass is 354 g/mol. The van der Waals surface area contributed by atoms with Crippen LogP contribution in [0.3, 0.4) is 0 Å². The topological polar surface area (TPSA) is 78.9 Å². The van der Waals surface area contributed by atoms with Crippen molar-refractivity contribution in [3.05, 3.63) is 0 Å². The van der Waals surface area contributed by atoms with Crippen molar-refractivity contribution in [2.45, 2.75) is 45.0 Å². The Balaban J connectivity index is 4.72. The third kappa shape index (κ3) is 6.50. The molecule has 0 unspecified atom stereocenters. The molecule has 98 valence electrons. The zero-order chi connectivity index (χ0) is 13.5. The van der Waals surface area contributed by atoms with Crippen LogP contribution in [0.4, 0.5) is 0 Å². The summed E-state index contributed by atoms with van der Waals surface area (Å²) in [5.74, 6) is -1.59. The molecule has 0 rings (SSSR count). The van der Waals surface area contributed by atoms with E-state index in [1.807, 2.05) is 0 Å². The van der Waals surface area contributed by atoms with Crippen LogP contribution in [0.5, 0.6) is 0 Å². The summed E-state index contributed by atoms with van der Waals surface area (Å²) < 4.78 is 15.1. The van der Waals surface area contributed by atoms with E-state index < -0.39 is 37.5 Å². The molecule has 6 nitrogen and oxygen atoms in total. The first kappa shape index (κ1) is 16.2. The molecule has 0 aromatic rings. The molecule has 0 atom stereocenters. The first-order valence-electron chi connectivity index (χ1n) is 5.52. The molecule has 7 heteroatoms. The summed E-state index contributed by atoms with van der Waals surface area (Å²) >= 11 is -4.35. The van der Waals surface area contributed by atoms with Gasteiger partial charge in [0.05, 0.1) is 0 Å². The molecule has 0 aromatic heterocycles. The molecule has 17 heavy (non-hydrogen) atoms. The maximum atomic E-state index is 11.2. The van der Waals surface area contributed by atoms with E-state index in [1.54, 1.807) is 20.8 Å². The minimum absolute atomic E-state index is 0.139. The summed E-state index contributed by atoms with van der Waals surface area (Å²) in [6.45, 7) is 4.83. The van der Waals surface area contributed by atoms with Gasteiger partial charge in [-0.1, -0.05) is 0 Å². The van der Waals surface area contributed by atoms with E-state index >= 15 is 0 Å². The van der Waals surface area contributed by atoms with Crippen molar-refractivity contribution in [1.29, 1.82) is 0 Å². The van der Waals surface area contributed by atoms with Crippen molar-refractivity contribution in [3.63, 3.8) is 0 Å². The fraction of sp³-hybridized carbons (Fsp3) is 0.700. The van der Waals surface area contributed by atoms with Gasteiger partial charge in [-0.25, -0.2) is 0 Å². The molecule has 0 bridgehead atoms. The molecule has 0 aromatic carbocycles. The van der Waals surface area contributed by atoms with Crippen molar-refractivity contribution in [3.8, 4) is 0 Å². The van der Waals surface area contributed by atoms with Gasteiger partial charge in [-0.3, -0.25) is 0 Å². The molecule has 0 aliphatic heterocycles. The Morgan fingerprint density at radius 2 is 1.00 bits per heavy atom. The molecule has 0 saturated carbocycles. The Labute approximate surface area is 106 Å². The molecule has 0 N–H and O–H groups in total. The second-order valence-corrected chi connectivity index (χ2v) is 10.0. The van der Waals surface area contributed by atoms with Gasteiger partial charge in [0.2, 0.25) is 0 Å². The summed E-state index contributed by atoms with van der Waals surface area (Å²) in [6.07, 6.45) is 0.416. The standard InChI is InChI=1S/3C3H6O2.CH3.Sn/c3*1-2-3(4)5;;/h3*2H2,1H3,(H,4,5);1H3;/q;;;;+3/p-3. The Bertz CT molecular complexity index is 256. The van der Waals surface area contributed by atoms with Crippen molar-refractivity contribution in [1.82, 2.24) is 0 Å². The molecule has 0 saturated heterocycles. The molecule has 0 aliphatic carbocycles. The van der Waals surface area contributed by atoms with Crippen LogP contribution in [0.15, 0.2) is 0 Å². The van der Waals surface area contributed by atoms with Crippen LogP contribution in [0.25, 0.3) is 0 Å². The second kappa shape index (κ2) is 7.52.